The molecule has 5 heteroatoms. The van der Waals surface area contributed by atoms with E-state index in [1.54, 1.807) is 0 Å². The fraction of sp³-hybridized carbons (Fsp3) is 0.409. The van der Waals surface area contributed by atoms with Gasteiger partial charge in [-0.1, -0.05) is 104 Å². The molecule has 1 aliphatic heterocycles. The number of halogens is 1. The van der Waals surface area contributed by atoms with Crippen LogP contribution in [-0.4, -0.2) is 30.9 Å². The van der Waals surface area contributed by atoms with Crippen molar-refractivity contribution in [1.29, 1.82) is 0 Å². The summed E-state index contributed by atoms with van der Waals surface area (Å²) >= 11 is 2.28. The van der Waals surface area contributed by atoms with E-state index in [0.717, 1.165) is 10.8 Å². The van der Waals surface area contributed by atoms with Gasteiger partial charge in [0.05, 0.1) is 12.5 Å². The second-order valence-electron chi connectivity index (χ2n) is 8.11. The number of alkyl halides is 1. The highest BCUT2D eigenvalue weighted by Gasteiger charge is 2.52. The number of carbonyl (C=O) groups is 1. The molecule has 0 amide bonds. The largest absolute Gasteiger partial charge is 0.461 e. The van der Waals surface area contributed by atoms with Crippen LogP contribution >= 0.6 is 22.6 Å². The average molecular weight is 494 g/mol. The number of cyclic esters (lactones) is 1. The third-order valence-electron chi connectivity index (χ3n) is 5.15. The van der Waals surface area contributed by atoms with E-state index in [2.05, 4.69) is 91.9 Å². The first-order valence-corrected chi connectivity index (χ1v) is 12.8. The summed E-state index contributed by atoms with van der Waals surface area (Å²) in [6, 6.07) is 21.1. The van der Waals surface area contributed by atoms with E-state index in [4.69, 9.17) is 9.16 Å². The molecule has 2 aromatic carbocycles. The van der Waals surface area contributed by atoms with E-state index in [-0.39, 0.29) is 23.2 Å². The molecule has 0 unspecified atom stereocenters. The smallest absolute Gasteiger partial charge is 0.308 e. The summed E-state index contributed by atoms with van der Waals surface area (Å²) in [5.74, 6) is -0.147. The van der Waals surface area contributed by atoms with Crippen molar-refractivity contribution >= 4 is 47.3 Å². The molecular weight excluding hydrogens is 467 g/mol. The maximum absolute atomic E-state index is 12.2. The van der Waals surface area contributed by atoms with Gasteiger partial charge in [-0.3, -0.25) is 4.79 Å². The van der Waals surface area contributed by atoms with Crippen LogP contribution in [0.3, 0.4) is 0 Å². The number of carbonyl (C=O) groups excluding carboxylic acids is 1. The van der Waals surface area contributed by atoms with Gasteiger partial charge >= 0.3 is 5.97 Å². The molecule has 3 nitrogen and oxygen atoms in total. The number of hydrogen-bond acceptors (Lipinski definition) is 3. The van der Waals surface area contributed by atoms with Crippen LogP contribution in [0.15, 0.2) is 60.7 Å². The Balaban J connectivity index is 2.11. The zero-order chi connectivity index (χ0) is 19.5. The predicted molar refractivity (Wildman–Crippen MR) is 120 cm³/mol. The fourth-order valence-corrected chi connectivity index (χ4v) is 9.20. The van der Waals surface area contributed by atoms with Crippen molar-refractivity contribution in [1.82, 2.24) is 0 Å². The normalized spacial score (nSPS) is 21.0. The molecule has 1 fully saturated rings. The van der Waals surface area contributed by atoms with E-state index in [1.807, 2.05) is 12.1 Å². The Morgan fingerprint density at radius 2 is 1.56 bits per heavy atom. The number of benzene rings is 2. The summed E-state index contributed by atoms with van der Waals surface area (Å²) in [6.07, 6.45) is 0.920. The Morgan fingerprint density at radius 1 is 1.04 bits per heavy atom. The molecular formula is C22H27IO3Si. The molecule has 0 bridgehead atoms. The molecule has 144 valence electrons. The second-order valence-corrected chi connectivity index (χ2v) is 13.2. The Morgan fingerprint density at radius 3 is 2.00 bits per heavy atom. The van der Waals surface area contributed by atoms with E-state index < -0.39 is 8.32 Å². The first-order chi connectivity index (χ1) is 12.9. The molecule has 3 rings (SSSR count). The highest BCUT2D eigenvalue weighted by molar-refractivity contribution is 14.1. The summed E-state index contributed by atoms with van der Waals surface area (Å²) in [6.45, 7) is 6.78. The second kappa shape index (κ2) is 8.45. The summed E-state index contributed by atoms with van der Waals surface area (Å²) < 4.78 is 13.3. The van der Waals surface area contributed by atoms with Crippen molar-refractivity contribution in [3.8, 4) is 0 Å². The van der Waals surface area contributed by atoms with Crippen molar-refractivity contribution in [2.75, 3.05) is 4.43 Å². The predicted octanol–water partition coefficient (Wildman–Crippen LogP) is 4.07. The summed E-state index contributed by atoms with van der Waals surface area (Å²) in [5, 5.41) is 2.40. The quantitative estimate of drug-likeness (QED) is 0.272. The van der Waals surface area contributed by atoms with Crippen molar-refractivity contribution in [3.05, 3.63) is 60.7 Å². The van der Waals surface area contributed by atoms with Crippen LogP contribution in [0.5, 0.6) is 0 Å². The monoisotopic (exact) mass is 494 g/mol. The van der Waals surface area contributed by atoms with E-state index in [9.17, 15) is 4.79 Å². The van der Waals surface area contributed by atoms with Gasteiger partial charge in [0.25, 0.3) is 8.32 Å². The molecule has 2 aromatic rings. The van der Waals surface area contributed by atoms with Gasteiger partial charge < -0.3 is 9.16 Å². The minimum atomic E-state index is -2.62. The highest BCUT2D eigenvalue weighted by atomic mass is 127. The maximum atomic E-state index is 12.2. The molecule has 0 aliphatic carbocycles. The highest BCUT2D eigenvalue weighted by Crippen LogP contribution is 2.39. The van der Waals surface area contributed by atoms with Crippen LogP contribution in [-0.2, 0) is 14.0 Å². The van der Waals surface area contributed by atoms with Gasteiger partial charge in [0.15, 0.2) is 0 Å². The molecule has 0 saturated carbocycles. The van der Waals surface area contributed by atoms with Crippen LogP contribution < -0.4 is 10.4 Å². The number of ether oxygens (including phenoxy) is 1. The number of esters is 1. The summed E-state index contributed by atoms with van der Waals surface area (Å²) in [5.41, 5.74) is 0. The number of rotatable bonds is 5. The van der Waals surface area contributed by atoms with Crippen LogP contribution in [0.2, 0.25) is 5.04 Å². The zero-order valence-corrected chi connectivity index (χ0v) is 19.3. The average Bonchev–Trinajstić information content (AvgIpc) is 2.66. The minimum absolute atomic E-state index is 0.0601. The molecule has 27 heavy (non-hydrogen) atoms. The van der Waals surface area contributed by atoms with Crippen LogP contribution in [0.1, 0.15) is 33.6 Å². The third kappa shape index (κ3) is 4.30. The first-order valence-electron chi connectivity index (χ1n) is 9.41. The molecule has 0 radical (unpaired) electrons. The topological polar surface area (TPSA) is 35.5 Å². The standard InChI is InChI=1S/C22H27IO3Si/c1-22(2,3)27(19-10-6-4-7-11-19,20-12-8-5-9-13-20)26-17-14-18(16-23)25-21(24)15-17/h4-13,17-18H,14-16H2,1-3H3/t17-,18-/m1/s1. The molecule has 1 aliphatic rings. The lowest BCUT2D eigenvalue weighted by Gasteiger charge is -2.46. The SMILES string of the molecule is CC(C)(C)[Si](O[C@H]1CC(=O)O[C@@H](CI)C1)(c1ccccc1)c1ccccc1. The van der Waals surface area contributed by atoms with E-state index in [1.165, 1.54) is 10.4 Å². The van der Waals surface area contributed by atoms with E-state index >= 15 is 0 Å². The Hall–Kier alpha value is -1.18. The van der Waals surface area contributed by atoms with Gasteiger partial charge in [0.1, 0.15) is 6.10 Å². The number of hydrogen-bond donors (Lipinski definition) is 0. The van der Waals surface area contributed by atoms with Crippen LogP contribution in [0, 0.1) is 0 Å². The molecule has 2 atom stereocenters. The molecule has 0 aromatic heterocycles. The van der Waals surface area contributed by atoms with Gasteiger partial charge in [0, 0.05) is 10.8 Å². The van der Waals surface area contributed by atoms with Crippen molar-refractivity contribution in [2.24, 2.45) is 0 Å². The Labute approximate surface area is 176 Å². The maximum Gasteiger partial charge on any atom is 0.308 e. The van der Waals surface area contributed by atoms with Crippen molar-refractivity contribution < 1.29 is 14.0 Å². The van der Waals surface area contributed by atoms with Crippen molar-refractivity contribution in [3.63, 3.8) is 0 Å². The zero-order valence-electron chi connectivity index (χ0n) is 16.2. The van der Waals surface area contributed by atoms with Gasteiger partial charge in [-0.2, -0.15) is 0 Å². The molecule has 0 spiro atoms. The summed E-state index contributed by atoms with van der Waals surface area (Å²) in [7, 11) is -2.62. The lowest BCUT2D eigenvalue weighted by molar-refractivity contribution is -0.157. The minimum Gasteiger partial charge on any atom is -0.461 e. The Kier molecular flexibility index (Phi) is 6.43. The molecule has 1 heterocycles. The lowest BCUT2D eigenvalue weighted by atomic mass is 10.1. The third-order valence-corrected chi connectivity index (χ3v) is 11.2. The Bertz CT molecular complexity index is 719. The fourth-order valence-electron chi connectivity index (χ4n) is 3.97. The molecule has 0 N–H and O–H groups in total. The van der Waals surface area contributed by atoms with Crippen LogP contribution in [0.4, 0.5) is 0 Å². The van der Waals surface area contributed by atoms with Crippen molar-refractivity contribution in [2.45, 2.75) is 50.9 Å². The van der Waals surface area contributed by atoms with Gasteiger partial charge in [0.2, 0.25) is 0 Å². The first kappa shape index (κ1) is 20.5. The van der Waals surface area contributed by atoms with Gasteiger partial charge in [-0.05, 0) is 15.4 Å². The summed E-state index contributed by atoms with van der Waals surface area (Å²) in [4.78, 5) is 12.2. The lowest BCUT2D eigenvalue weighted by Crippen LogP contribution is -2.68. The van der Waals surface area contributed by atoms with Gasteiger partial charge in [-0.25, -0.2) is 0 Å². The molecule has 1 saturated heterocycles. The van der Waals surface area contributed by atoms with E-state index in [0.29, 0.717) is 6.42 Å². The van der Waals surface area contributed by atoms with Gasteiger partial charge in [-0.15, -0.1) is 0 Å². The van der Waals surface area contributed by atoms with Crippen LogP contribution in [0.25, 0.3) is 0 Å².